The van der Waals surface area contributed by atoms with Crippen LogP contribution in [-0.4, -0.2) is 46.6 Å². The predicted octanol–water partition coefficient (Wildman–Crippen LogP) is 3.73. The van der Waals surface area contributed by atoms with Crippen molar-refractivity contribution < 1.29 is 28.2 Å². The maximum absolute atomic E-state index is 14.8. The topological polar surface area (TPSA) is 118 Å². The zero-order valence-electron chi connectivity index (χ0n) is 18.9. The monoisotopic (exact) mass is 502 g/mol. The van der Waals surface area contributed by atoms with Crippen LogP contribution in [0, 0.1) is 11.6 Å². The number of thiophene rings is 1. The number of benzene rings is 1. The third-order valence-corrected chi connectivity index (χ3v) is 6.63. The molecule has 2 amide bonds. The molecule has 1 atom stereocenters. The van der Waals surface area contributed by atoms with Crippen molar-refractivity contribution in [2.24, 2.45) is 5.73 Å². The van der Waals surface area contributed by atoms with Gasteiger partial charge in [-0.2, -0.15) is 0 Å². The van der Waals surface area contributed by atoms with Gasteiger partial charge in [-0.1, -0.05) is 13.0 Å². The SMILES string of the molecule is CCC(O)c1cc(F)c(-c2cc(C(N)=O)c(Nc3cccc(CN4CCOCC4=O)n3)s2)c(F)c1. The number of aliphatic hydroxyl groups excluding tert-OH is 1. The summed E-state index contributed by atoms with van der Waals surface area (Å²) >= 11 is 0.951. The Morgan fingerprint density at radius 1 is 1.31 bits per heavy atom. The number of hydrogen-bond donors (Lipinski definition) is 3. The quantitative estimate of drug-likeness (QED) is 0.432. The van der Waals surface area contributed by atoms with E-state index >= 15 is 0 Å². The van der Waals surface area contributed by atoms with Crippen LogP contribution in [0.25, 0.3) is 10.4 Å². The van der Waals surface area contributed by atoms with Gasteiger partial charge in [0.2, 0.25) is 5.91 Å². The summed E-state index contributed by atoms with van der Waals surface area (Å²) in [5.41, 5.74) is 6.01. The van der Waals surface area contributed by atoms with Crippen molar-refractivity contribution in [3.63, 3.8) is 0 Å². The van der Waals surface area contributed by atoms with Crippen LogP contribution >= 0.6 is 11.3 Å². The Balaban J connectivity index is 1.62. The number of carbonyl (C=O) groups is 2. The van der Waals surface area contributed by atoms with E-state index in [0.717, 1.165) is 23.5 Å². The number of aromatic nitrogens is 1. The van der Waals surface area contributed by atoms with Gasteiger partial charge < -0.3 is 25.8 Å². The molecule has 1 unspecified atom stereocenters. The minimum atomic E-state index is -0.985. The van der Waals surface area contributed by atoms with Gasteiger partial charge in [0.15, 0.2) is 0 Å². The van der Waals surface area contributed by atoms with Gasteiger partial charge in [-0.05, 0) is 42.3 Å². The Hall–Kier alpha value is -3.41. The number of nitrogens with one attached hydrogen (secondary N) is 1. The summed E-state index contributed by atoms with van der Waals surface area (Å²) in [7, 11) is 0. The third-order valence-electron chi connectivity index (χ3n) is 5.56. The number of ether oxygens (including phenoxy) is 1. The Labute approximate surface area is 204 Å². The lowest BCUT2D eigenvalue weighted by molar-refractivity contribution is -0.143. The number of hydrogen-bond acceptors (Lipinski definition) is 7. The van der Waals surface area contributed by atoms with Crippen molar-refractivity contribution in [2.75, 3.05) is 25.1 Å². The fourth-order valence-electron chi connectivity index (χ4n) is 3.71. The molecular weight excluding hydrogens is 478 g/mol. The smallest absolute Gasteiger partial charge is 0.251 e. The van der Waals surface area contributed by atoms with Crippen molar-refractivity contribution in [1.82, 2.24) is 9.88 Å². The minimum Gasteiger partial charge on any atom is -0.388 e. The largest absolute Gasteiger partial charge is 0.388 e. The molecule has 1 fully saturated rings. The first-order valence-corrected chi connectivity index (χ1v) is 11.8. The zero-order chi connectivity index (χ0) is 25.1. The first-order valence-electron chi connectivity index (χ1n) is 11.0. The maximum Gasteiger partial charge on any atom is 0.251 e. The van der Waals surface area contributed by atoms with Crippen LogP contribution in [0.15, 0.2) is 36.4 Å². The highest BCUT2D eigenvalue weighted by Gasteiger charge is 2.23. The fourth-order valence-corrected chi connectivity index (χ4v) is 4.83. The highest BCUT2D eigenvalue weighted by molar-refractivity contribution is 7.20. The third kappa shape index (κ3) is 5.47. The van der Waals surface area contributed by atoms with Crippen LogP contribution in [0.2, 0.25) is 0 Å². The van der Waals surface area contributed by atoms with E-state index in [2.05, 4.69) is 10.3 Å². The average Bonchev–Trinajstić information content (AvgIpc) is 3.23. The van der Waals surface area contributed by atoms with Gasteiger partial charge in [0, 0.05) is 11.4 Å². The maximum atomic E-state index is 14.8. The summed E-state index contributed by atoms with van der Waals surface area (Å²) in [6.45, 7) is 2.94. The van der Waals surface area contributed by atoms with Crippen LogP contribution in [-0.2, 0) is 16.1 Å². The Morgan fingerprint density at radius 3 is 2.71 bits per heavy atom. The van der Waals surface area contributed by atoms with Gasteiger partial charge in [-0.25, -0.2) is 13.8 Å². The molecule has 3 heterocycles. The molecule has 0 aliphatic carbocycles. The number of halogens is 2. The molecule has 0 saturated carbocycles. The standard InChI is InChI=1S/C24H24F2N4O4S/c1-2-18(31)13-8-16(25)22(17(26)9-13)19-10-15(23(27)33)24(35-19)29-20-5-3-4-14(28-20)11-30-6-7-34-12-21(30)32/h3-5,8-10,18,31H,2,6-7,11-12H2,1H3,(H2,27,33)(H,28,29). The molecule has 0 radical (unpaired) electrons. The fraction of sp³-hybridized carbons (Fsp3) is 0.292. The molecule has 4 rings (SSSR count). The molecule has 3 aromatic rings. The van der Waals surface area contributed by atoms with E-state index in [-0.39, 0.29) is 39.1 Å². The Kier molecular flexibility index (Phi) is 7.39. The van der Waals surface area contributed by atoms with Gasteiger partial charge in [0.25, 0.3) is 5.91 Å². The number of rotatable bonds is 8. The summed E-state index contributed by atoms with van der Waals surface area (Å²) in [6.07, 6.45) is -0.677. The number of aliphatic hydroxyl groups is 1. The molecule has 4 N–H and O–H groups in total. The second-order valence-electron chi connectivity index (χ2n) is 8.01. The van der Waals surface area contributed by atoms with Crippen molar-refractivity contribution in [1.29, 1.82) is 0 Å². The van der Waals surface area contributed by atoms with Crippen molar-refractivity contribution >= 4 is 34.0 Å². The molecule has 184 valence electrons. The van der Waals surface area contributed by atoms with Crippen LogP contribution in [0.1, 0.15) is 41.1 Å². The normalized spacial score (nSPS) is 14.7. The lowest BCUT2D eigenvalue weighted by atomic mass is 10.0. The number of amides is 2. The second kappa shape index (κ2) is 10.5. The lowest BCUT2D eigenvalue weighted by Crippen LogP contribution is -2.41. The van der Waals surface area contributed by atoms with E-state index in [1.54, 1.807) is 30.0 Å². The van der Waals surface area contributed by atoms with Crippen LogP contribution in [0.5, 0.6) is 0 Å². The van der Waals surface area contributed by atoms with E-state index in [9.17, 15) is 23.5 Å². The summed E-state index contributed by atoms with van der Waals surface area (Å²) in [6, 6.07) is 8.66. The number of morpholine rings is 1. The molecule has 35 heavy (non-hydrogen) atoms. The number of carbonyl (C=O) groups excluding carboxylic acids is 2. The number of pyridine rings is 1. The number of nitrogens with two attached hydrogens (primary N) is 1. The van der Waals surface area contributed by atoms with Gasteiger partial charge in [-0.3, -0.25) is 9.59 Å². The van der Waals surface area contributed by atoms with Gasteiger partial charge in [0.05, 0.1) is 36.1 Å². The van der Waals surface area contributed by atoms with Crippen LogP contribution < -0.4 is 11.1 Å². The molecule has 1 aliphatic rings. The highest BCUT2D eigenvalue weighted by atomic mass is 32.1. The summed E-state index contributed by atoms with van der Waals surface area (Å²) in [4.78, 5) is 30.3. The van der Waals surface area contributed by atoms with Gasteiger partial charge >= 0.3 is 0 Å². The molecule has 8 nitrogen and oxygen atoms in total. The highest BCUT2D eigenvalue weighted by Crippen LogP contribution is 2.40. The van der Waals surface area contributed by atoms with Crippen LogP contribution in [0.4, 0.5) is 19.6 Å². The van der Waals surface area contributed by atoms with Crippen molar-refractivity contribution in [3.05, 3.63) is 64.9 Å². The molecule has 2 aromatic heterocycles. The van der Waals surface area contributed by atoms with Crippen molar-refractivity contribution in [2.45, 2.75) is 26.0 Å². The Morgan fingerprint density at radius 2 is 2.06 bits per heavy atom. The molecule has 1 aromatic carbocycles. The summed E-state index contributed by atoms with van der Waals surface area (Å²) in [5, 5.41) is 13.2. The predicted molar refractivity (Wildman–Crippen MR) is 127 cm³/mol. The average molecular weight is 503 g/mol. The van der Waals surface area contributed by atoms with E-state index in [1.165, 1.54) is 6.07 Å². The molecule has 1 saturated heterocycles. The second-order valence-corrected chi connectivity index (χ2v) is 9.06. The zero-order valence-corrected chi connectivity index (χ0v) is 19.7. The van der Waals surface area contributed by atoms with Gasteiger partial charge in [-0.15, -0.1) is 11.3 Å². The number of anilines is 2. The first-order chi connectivity index (χ1) is 16.8. The molecule has 0 bridgehead atoms. The number of nitrogens with zero attached hydrogens (tertiary/aromatic N) is 2. The van der Waals surface area contributed by atoms with E-state index < -0.39 is 23.6 Å². The van der Waals surface area contributed by atoms with Crippen molar-refractivity contribution in [3.8, 4) is 10.4 Å². The first kappa shape index (κ1) is 24.7. The number of primary amides is 1. The minimum absolute atomic E-state index is 0.0311. The summed E-state index contributed by atoms with van der Waals surface area (Å²) < 4.78 is 34.8. The molecule has 0 spiro atoms. The van der Waals surface area contributed by atoms with Crippen LogP contribution in [0.3, 0.4) is 0 Å². The Bertz CT molecular complexity index is 1240. The molecular formula is C24H24F2N4O4S. The summed E-state index contributed by atoms with van der Waals surface area (Å²) in [5.74, 6) is -2.24. The van der Waals surface area contributed by atoms with E-state index in [1.807, 2.05) is 0 Å². The lowest BCUT2D eigenvalue weighted by Gasteiger charge is -2.26. The molecule has 11 heteroatoms. The van der Waals surface area contributed by atoms with Gasteiger partial charge in [0.1, 0.15) is 29.1 Å². The van der Waals surface area contributed by atoms with E-state index in [0.29, 0.717) is 37.6 Å². The van der Waals surface area contributed by atoms with E-state index in [4.69, 9.17) is 10.5 Å². The molecule has 1 aliphatic heterocycles.